The monoisotopic (exact) mass is 354 g/mol. The second-order valence-electron chi connectivity index (χ2n) is 7.16. The van der Waals surface area contributed by atoms with Crippen molar-refractivity contribution in [2.75, 3.05) is 13.1 Å². The largest absolute Gasteiger partial charge is 0.361 e. The van der Waals surface area contributed by atoms with E-state index in [2.05, 4.69) is 5.16 Å². The smallest absolute Gasteiger partial charge is 0.259 e. The predicted molar refractivity (Wildman–Crippen MR) is 99.5 cm³/mol. The van der Waals surface area contributed by atoms with Gasteiger partial charge in [-0.2, -0.15) is 0 Å². The van der Waals surface area contributed by atoms with Gasteiger partial charge in [-0.05, 0) is 45.6 Å². The number of benzene rings is 1. The lowest BCUT2D eigenvalue weighted by atomic mass is 9.86. The van der Waals surface area contributed by atoms with Crippen LogP contribution in [-0.2, 0) is 6.42 Å². The van der Waals surface area contributed by atoms with E-state index >= 15 is 0 Å². The molecule has 3 rings (SSSR count). The normalized spacial score (nSPS) is 15.3. The standard InChI is InChI=1S/C21H26N2O3/c1-5-18-19(15(4)26-22-18)21(25)23-10-8-16(9-11-23)20(24)17-7-6-13(2)12-14(17)3/h6-7,12,16H,5,8-11H2,1-4H3. The fourth-order valence-corrected chi connectivity index (χ4v) is 3.75. The number of amides is 1. The molecule has 0 radical (unpaired) electrons. The molecule has 0 spiro atoms. The molecule has 1 amide bonds. The minimum Gasteiger partial charge on any atom is -0.361 e. The van der Waals surface area contributed by atoms with Crippen LogP contribution in [0.15, 0.2) is 22.7 Å². The number of Topliss-reactive ketones (excluding diaryl/α,β-unsaturated/α-hetero) is 1. The number of aryl methyl sites for hydroxylation is 4. The summed E-state index contributed by atoms with van der Waals surface area (Å²) in [5.41, 5.74) is 4.30. The van der Waals surface area contributed by atoms with E-state index in [0.29, 0.717) is 49.4 Å². The lowest BCUT2D eigenvalue weighted by Gasteiger charge is -2.31. The second-order valence-corrected chi connectivity index (χ2v) is 7.16. The Balaban J connectivity index is 1.68. The molecule has 1 aliphatic rings. The molecule has 1 aromatic heterocycles. The zero-order chi connectivity index (χ0) is 18.8. The molecule has 2 heterocycles. The van der Waals surface area contributed by atoms with Gasteiger partial charge < -0.3 is 9.42 Å². The van der Waals surface area contributed by atoms with Crippen molar-refractivity contribution >= 4 is 11.7 Å². The molecule has 0 N–H and O–H groups in total. The van der Waals surface area contributed by atoms with Crippen molar-refractivity contribution < 1.29 is 14.1 Å². The number of hydrogen-bond acceptors (Lipinski definition) is 4. The van der Waals surface area contributed by atoms with E-state index < -0.39 is 0 Å². The van der Waals surface area contributed by atoms with Gasteiger partial charge in [-0.15, -0.1) is 0 Å². The van der Waals surface area contributed by atoms with Gasteiger partial charge in [0.25, 0.3) is 5.91 Å². The lowest BCUT2D eigenvalue weighted by Crippen LogP contribution is -2.40. The summed E-state index contributed by atoms with van der Waals surface area (Å²) in [6, 6.07) is 5.96. The number of ketones is 1. The van der Waals surface area contributed by atoms with Gasteiger partial charge in [-0.1, -0.05) is 35.8 Å². The van der Waals surface area contributed by atoms with Crippen molar-refractivity contribution in [2.24, 2.45) is 5.92 Å². The fourth-order valence-electron chi connectivity index (χ4n) is 3.75. The van der Waals surface area contributed by atoms with E-state index in [1.54, 1.807) is 6.92 Å². The molecule has 0 atom stereocenters. The van der Waals surface area contributed by atoms with E-state index in [0.717, 1.165) is 16.7 Å². The number of carbonyl (C=O) groups is 2. The molecule has 1 saturated heterocycles. The second kappa shape index (κ2) is 7.44. The minimum atomic E-state index is -0.0296. The average molecular weight is 354 g/mol. The molecule has 0 bridgehead atoms. The van der Waals surface area contributed by atoms with Crippen molar-refractivity contribution in [2.45, 2.75) is 47.0 Å². The fraction of sp³-hybridized carbons (Fsp3) is 0.476. The van der Waals surface area contributed by atoms with Crippen LogP contribution in [0, 0.1) is 26.7 Å². The molecule has 2 aromatic rings. The van der Waals surface area contributed by atoms with Crippen molar-refractivity contribution in [1.29, 1.82) is 0 Å². The van der Waals surface area contributed by atoms with Crippen molar-refractivity contribution in [3.05, 3.63) is 51.9 Å². The Morgan fingerprint density at radius 2 is 1.88 bits per heavy atom. The number of piperidine rings is 1. The molecule has 138 valence electrons. The highest BCUT2D eigenvalue weighted by Crippen LogP contribution is 2.26. The van der Waals surface area contributed by atoms with Crippen LogP contribution in [0.3, 0.4) is 0 Å². The first-order valence-corrected chi connectivity index (χ1v) is 9.28. The number of aromatic nitrogens is 1. The number of nitrogens with zero attached hydrogens (tertiary/aromatic N) is 2. The topological polar surface area (TPSA) is 63.4 Å². The number of likely N-dealkylation sites (tertiary alicyclic amines) is 1. The van der Waals surface area contributed by atoms with Crippen LogP contribution in [0.2, 0.25) is 0 Å². The molecule has 0 unspecified atom stereocenters. The van der Waals surface area contributed by atoms with Crippen LogP contribution in [0.4, 0.5) is 0 Å². The minimum absolute atomic E-state index is 0.0188. The third-order valence-electron chi connectivity index (χ3n) is 5.28. The van der Waals surface area contributed by atoms with Crippen molar-refractivity contribution in [3.8, 4) is 0 Å². The molecule has 1 fully saturated rings. The highest BCUT2D eigenvalue weighted by atomic mass is 16.5. The predicted octanol–water partition coefficient (Wildman–Crippen LogP) is 3.90. The zero-order valence-corrected chi connectivity index (χ0v) is 16.0. The highest BCUT2D eigenvalue weighted by molar-refractivity contribution is 6.00. The Morgan fingerprint density at radius 3 is 2.50 bits per heavy atom. The number of hydrogen-bond donors (Lipinski definition) is 0. The summed E-state index contributed by atoms with van der Waals surface area (Å²) in [5.74, 6) is 0.720. The first-order chi connectivity index (χ1) is 12.4. The summed E-state index contributed by atoms with van der Waals surface area (Å²) in [6.45, 7) is 8.93. The quantitative estimate of drug-likeness (QED) is 0.781. The first kappa shape index (κ1) is 18.4. The number of carbonyl (C=O) groups excluding carboxylic acids is 2. The Hall–Kier alpha value is -2.43. The summed E-state index contributed by atoms with van der Waals surface area (Å²) in [4.78, 5) is 27.5. The van der Waals surface area contributed by atoms with Crippen LogP contribution in [0.25, 0.3) is 0 Å². The van der Waals surface area contributed by atoms with Crippen molar-refractivity contribution in [1.82, 2.24) is 10.1 Å². The SMILES string of the molecule is CCc1noc(C)c1C(=O)N1CCC(C(=O)c2ccc(C)cc2C)CC1. The van der Waals surface area contributed by atoms with Gasteiger partial charge in [0.15, 0.2) is 5.78 Å². The molecule has 5 nitrogen and oxygen atoms in total. The van der Waals surface area contributed by atoms with Crippen LogP contribution < -0.4 is 0 Å². The Labute approximate surface area is 154 Å². The Bertz CT molecular complexity index is 830. The molecular weight excluding hydrogens is 328 g/mol. The summed E-state index contributed by atoms with van der Waals surface area (Å²) < 4.78 is 5.19. The molecule has 1 aliphatic heterocycles. The van der Waals surface area contributed by atoms with Crippen LogP contribution in [-0.4, -0.2) is 34.8 Å². The van der Waals surface area contributed by atoms with Crippen molar-refractivity contribution in [3.63, 3.8) is 0 Å². The summed E-state index contributed by atoms with van der Waals surface area (Å²) >= 11 is 0. The third kappa shape index (κ3) is 3.43. The molecule has 0 aliphatic carbocycles. The zero-order valence-electron chi connectivity index (χ0n) is 16.0. The van der Waals surface area contributed by atoms with Gasteiger partial charge >= 0.3 is 0 Å². The molecule has 0 saturated carbocycles. The maximum atomic E-state index is 12.9. The van der Waals surface area contributed by atoms with Gasteiger partial charge in [0, 0.05) is 24.6 Å². The van der Waals surface area contributed by atoms with E-state index in [1.165, 1.54) is 0 Å². The average Bonchev–Trinajstić information content (AvgIpc) is 3.01. The lowest BCUT2D eigenvalue weighted by molar-refractivity contribution is 0.0648. The highest BCUT2D eigenvalue weighted by Gasteiger charge is 2.31. The van der Waals surface area contributed by atoms with E-state index in [1.807, 2.05) is 43.9 Å². The van der Waals surface area contributed by atoms with Crippen LogP contribution in [0.5, 0.6) is 0 Å². The molecule has 5 heteroatoms. The van der Waals surface area contributed by atoms with E-state index in [9.17, 15) is 9.59 Å². The Morgan fingerprint density at radius 1 is 1.19 bits per heavy atom. The Kier molecular flexibility index (Phi) is 5.25. The van der Waals surface area contributed by atoms with Crippen LogP contribution in [0.1, 0.15) is 63.1 Å². The van der Waals surface area contributed by atoms with Gasteiger partial charge in [0.1, 0.15) is 11.3 Å². The van der Waals surface area contributed by atoms with Gasteiger partial charge in [-0.3, -0.25) is 9.59 Å². The van der Waals surface area contributed by atoms with Crippen LogP contribution >= 0.6 is 0 Å². The maximum Gasteiger partial charge on any atom is 0.259 e. The molecular formula is C21H26N2O3. The molecule has 26 heavy (non-hydrogen) atoms. The maximum absolute atomic E-state index is 12.9. The van der Waals surface area contributed by atoms with Gasteiger partial charge in [0.2, 0.25) is 0 Å². The van der Waals surface area contributed by atoms with Gasteiger partial charge in [0.05, 0.1) is 5.69 Å². The molecule has 1 aromatic carbocycles. The third-order valence-corrected chi connectivity index (χ3v) is 5.28. The van der Waals surface area contributed by atoms with E-state index in [-0.39, 0.29) is 17.6 Å². The number of rotatable bonds is 4. The van der Waals surface area contributed by atoms with Gasteiger partial charge in [-0.25, -0.2) is 0 Å². The first-order valence-electron chi connectivity index (χ1n) is 9.28. The summed E-state index contributed by atoms with van der Waals surface area (Å²) in [6.07, 6.45) is 2.06. The summed E-state index contributed by atoms with van der Waals surface area (Å²) in [5, 5.41) is 3.97. The summed E-state index contributed by atoms with van der Waals surface area (Å²) in [7, 11) is 0. The van der Waals surface area contributed by atoms with E-state index in [4.69, 9.17) is 4.52 Å².